The van der Waals surface area contributed by atoms with E-state index in [1.807, 2.05) is 98.8 Å². The molecule has 0 nitrogen and oxygen atoms in total. The van der Waals surface area contributed by atoms with E-state index in [2.05, 4.69) is 39.8 Å². The smallest absolute Gasteiger partial charge is 0.226 e. The average molecular weight is 893 g/mol. The third-order valence-electron chi connectivity index (χ3n) is 2.37. The summed E-state index contributed by atoms with van der Waals surface area (Å²) in [5, 5.41) is 0. The van der Waals surface area contributed by atoms with Crippen molar-refractivity contribution in [1.29, 1.82) is 0 Å². The molecule has 3 aromatic carbocycles. The fraction of sp³-hybridized carbons (Fsp3) is 0.280. The van der Waals surface area contributed by atoms with E-state index in [-0.39, 0.29) is 204 Å². The molecule has 0 spiro atoms. The summed E-state index contributed by atoms with van der Waals surface area (Å²) >= 11 is 0. The zero-order chi connectivity index (χ0) is 19.0. The molecular formula is C25H32V11. The van der Waals surface area contributed by atoms with Gasteiger partial charge in [0.2, 0.25) is 0 Å². The van der Waals surface area contributed by atoms with E-state index in [9.17, 15) is 0 Å². The Bertz CT molecular complexity index is 566. The third kappa shape index (κ3) is 57.9. The molecule has 0 aliphatic rings. The van der Waals surface area contributed by atoms with Crippen LogP contribution >= 0.6 is 0 Å². The monoisotopic (exact) mass is 893 g/mol. The molecule has 3 rings (SSSR count). The summed E-state index contributed by atoms with van der Waals surface area (Å²) in [6.45, 7) is 12.8. The van der Waals surface area contributed by atoms with Crippen LogP contribution in [-0.2, 0) is 204 Å². The van der Waals surface area contributed by atoms with Crippen molar-refractivity contribution in [1.82, 2.24) is 0 Å². The number of benzene rings is 3. The van der Waals surface area contributed by atoms with Gasteiger partial charge in [-0.15, -0.1) is 12.1 Å². The van der Waals surface area contributed by atoms with Gasteiger partial charge in [-0.05, 0) is 5.41 Å². The predicted molar refractivity (Wildman–Crippen MR) is 112 cm³/mol. The summed E-state index contributed by atoms with van der Waals surface area (Å²) in [4.78, 5) is 0. The number of hydrogen-bond donors (Lipinski definition) is 0. The third-order valence-corrected chi connectivity index (χ3v) is 2.37. The van der Waals surface area contributed by atoms with Gasteiger partial charge in [0.15, 0.2) is 0 Å². The second-order valence-electron chi connectivity index (χ2n) is 6.71. The fourth-order valence-electron chi connectivity index (χ4n) is 1.51. The first kappa shape index (κ1) is 77.6. The molecule has 0 bridgehead atoms. The minimum absolute atomic E-state index is 0. The van der Waals surface area contributed by atoms with Crippen LogP contribution in [0, 0.1) is 17.5 Å². The Kier molecular flexibility index (Phi) is 119. The van der Waals surface area contributed by atoms with Crippen LogP contribution in [0.25, 0.3) is 11.1 Å². The Balaban J connectivity index is -0.0000000216. The standard InChI is InChI=1S/C12H8.C6H6.C5H12.C2H6.11V/c1-3-7-11(8-4-1)12-9-5-2-6-10-12;1-2-4-6-5-3-1;1-5(2,3)4;1-2;;;;;;;;;;;/h1-7,9H;1-6H;1-4H3;1-2H3;;;;;;;;;;;/q-2;;;;;;;;;;;;;;+2. The molecular weight excluding hydrogens is 861 g/mol. The molecule has 0 unspecified atom stereocenters. The molecule has 0 aliphatic heterocycles. The van der Waals surface area contributed by atoms with Crippen molar-refractivity contribution in [2.24, 2.45) is 5.41 Å². The molecule has 0 aromatic heterocycles. The Morgan fingerprint density at radius 2 is 0.611 bits per heavy atom. The zero-order valence-corrected chi connectivity index (χ0v) is 36.9. The van der Waals surface area contributed by atoms with E-state index in [0.29, 0.717) is 5.41 Å². The predicted octanol–water partition coefficient (Wildman–Crippen LogP) is 7.69. The molecule has 36 heavy (non-hydrogen) atoms. The van der Waals surface area contributed by atoms with Gasteiger partial charge in [-0.2, -0.15) is 48.5 Å². The molecule has 0 heterocycles. The maximum absolute atomic E-state index is 3.15. The minimum atomic E-state index is 0. The van der Waals surface area contributed by atoms with E-state index in [4.69, 9.17) is 0 Å². The van der Waals surface area contributed by atoms with Gasteiger partial charge in [-0.3, -0.25) is 0 Å². The first-order chi connectivity index (χ1) is 12.0. The van der Waals surface area contributed by atoms with Gasteiger partial charge in [0, 0.05) is 186 Å². The van der Waals surface area contributed by atoms with Gasteiger partial charge >= 0.3 is 18.6 Å². The SMILES string of the molecule is CC.CC(C)(C)C.[V+2].[V].[V].[V].[V].[V].[V].[V].[V].[V].[V].[c-]1ccccc1-c1[c-]cccc1.c1ccccc1. The molecule has 11 heteroatoms. The van der Waals surface area contributed by atoms with Crippen molar-refractivity contribution in [3.63, 3.8) is 0 Å². The average Bonchev–Trinajstić information content (AvgIpc) is 2.65. The number of hydrogen-bond acceptors (Lipinski definition) is 0. The topological polar surface area (TPSA) is 0 Å². The molecule has 0 saturated heterocycles. The molecule has 0 saturated carbocycles. The Morgan fingerprint density at radius 3 is 0.750 bits per heavy atom. The van der Waals surface area contributed by atoms with E-state index in [1.54, 1.807) is 0 Å². The van der Waals surface area contributed by atoms with Crippen molar-refractivity contribution in [3.8, 4) is 11.1 Å². The van der Waals surface area contributed by atoms with Crippen molar-refractivity contribution in [3.05, 3.63) is 97.1 Å². The van der Waals surface area contributed by atoms with E-state index < -0.39 is 0 Å². The van der Waals surface area contributed by atoms with E-state index in [0.717, 1.165) is 11.1 Å². The minimum Gasteiger partial charge on any atom is -0.226 e. The van der Waals surface area contributed by atoms with Crippen molar-refractivity contribution >= 4 is 0 Å². The molecule has 0 atom stereocenters. The first-order valence-electron chi connectivity index (χ1n) is 8.90. The van der Waals surface area contributed by atoms with E-state index in [1.165, 1.54) is 0 Å². The van der Waals surface area contributed by atoms with Crippen molar-refractivity contribution in [2.75, 3.05) is 0 Å². The van der Waals surface area contributed by atoms with Crippen LogP contribution in [0.4, 0.5) is 0 Å². The number of rotatable bonds is 1. The van der Waals surface area contributed by atoms with Gasteiger partial charge in [0.1, 0.15) is 0 Å². The molecule has 0 N–H and O–H groups in total. The molecule has 187 valence electrons. The van der Waals surface area contributed by atoms with Gasteiger partial charge in [0.05, 0.1) is 0 Å². The molecule has 3 aromatic rings. The van der Waals surface area contributed by atoms with Crippen molar-refractivity contribution in [2.45, 2.75) is 41.5 Å². The molecule has 0 amide bonds. The van der Waals surface area contributed by atoms with Crippen LogP contribution in [0.5, 0.6) is 0 Å². The maximum atomic E-state index is 3.15. The fourth-order valence-corrected chi connectivity index (χ4v) is 1.51. The van der Waals surface area contributed by atoms with Crippen LogP contribution in [0.1, 0.15) is 41.5 Å². The summed E-state index contributed by atoms with van der Waals surface area (Å²) in [5.41, 5.74) is 2.69. The second kappa shape index (κ2) is 55.1. The van der Waals surface area contributed by atoms with Crippen LogP contribution in [0.3, 0.4) is 0 Å². The Morgan fingerprint density at radius 1 is 0.417 bits per heavy atom. The molecule has 0 fully saturated rings. The molecule has 11 radical (unpaired) electrons. The van der Waals surface area contributed by atoms with Gasteiger partial charge < -0.3 is 0 Å². The second-order valence-corrected chi connectivity index (χ2v) is 6.71. The first-order valence-corrected chi connectivity index (χ1v) is 8.90. The van der Waals surface area contributed by atoms with Gasteiger partial charge in [0.25, 0.3) is 0 Å². The normalized spacial score (nSPS) is 6.39. The summed E-state index contributed by atoms with van der Waals surface area (Å²) in [7, 11) is 0. The zero-order valence-electron chi connectivity index (χ0n) is 21.5. The summed E-state index contributed by atoms with van der Waals surface area (Å²) in [6, 6.07) is 34.1. The summed E-state index contributed by atoms with van der Waals surface area (Å²) < 4.78 is 0. The maximum Gasteiger partial charge on any atom is 2.00 e. The molecule has 0 aliphatic carbocycles. The van der Waals surface area contributed by atoms with E-state index >= 15 is 0 Å². The van der Waals surface area contributed by atoms with Crippen LogP contribution in [0.2, 0.25) is 0 Å². The summed E-state index contributed by atoms with van der Waals surface area (Å²) in [5.74, 6) is 0. The van der Waals surface area contributed by atoms with Crippen LogP contribution < -0.4 is 0 Å². The largest absolute Gasteiger partial charge is 2.00 e. The van der Waals surface area contributed by atoms with Crippen LogP contribution in [-0.4, -0.2) is 0 Å². The van der Waals surface area contributed by atoms with Gasteiger partial charge in [-0.25, -0.2) is 11.1 Å². The Labute approximate surface area is 353 Å². The Hall–Kier alpha value is 4.09. The quantitative estimate of drug-likeness (QED) is 0.220. The van der Waals surface area contributed by atoms with Crippen LogP contribution in [0.15, 0.2) is 84.9 Å². The van der Waals surface area contributed by atoms with Crippen molar-refractivity contribution < 1.29 is 204 Å². The summed E-state index contributed by atoms with van der Waals surface area (Å²) in [6.07, 6.45) is 0. The van der Waals surface area contributed by atoms with Gasteiger partial charge in [-0.1, -0.05) is 77.9 Å².